The summed E-state index contributed by atoms with van der Waals surface area (Å²) in [5, 5.41) is 10.8. The van der Waals surface area contributed by atoms with Crippen molar-refractivity contribution in [3.8, 4) is 0 Å². The molecular formula is C13H13N3O6S3. The minimum absolute atomic E-state index is 0.0398. The SMILES string of the molecule is O=C(ON1C(=O)CCC1=O)C(S)CCSSc1ccc([N+](=O)[O-])cn1. The molecule has 134 valence electrons. The molecule has 1 aromatic heterocycles. The Labute approximate surface area is 155 Å². The van der Waals surface area contributed by atoms with E-state index in [1.165, 1.54) is 39.9 Å². The molecule has 1 saturated heterocycles. The number of nitro groups is 1. The molecule has 25 heavy (non-hydrogen) atoms. The number of hydrogen-bond donors (Lipinski definition) is 1. The van der Waals surface area contributed by atoms with Gasteiger partial charge in [0.2, 0.25) is 0 Å². The van der Waals surface area contributed by atoms with Crippen LogP contribution in [0.25, 0.3) is 0 Å². The summed E-state index contributed by atoms with van der Waals surface area (Å²) in [4.78, 5) is 53.3. The number of rotatable bonds is 8. The fourth-order valence-corrected chi connectivity index (χ4v) is 4.02. The predicted octanol–water partition coefficient (Wildman–Crippen LogP) is 2.03. The van der Waals surface area contributed by atoms with Crippen LogP contribution in [-0.4, -0.2) is 43.8 Å². The molecule has 0 N–H and O–H groups in total. The Morgan fingerprint density at radius 1 is 1.40 bits per heavy atom. The van der Waals surface area contributed by atoms with Gasteiger partial charge in [-0.15, -0.1) is 5.06 Å². The van der Waals surface area contributed by atoms with Gasteiger partial charge in [-0.1, -0.05) is 10.8 Å². The van der Waals surface area contributed by atoms with Crippen molar-refractivity contribution in [3.63, 3.8) is 0 Å². The first-order chi connectivity index (χ1) is 11.9. The van der Waals surface area contributed by atoms with Crippen LogP contribution in [0, 0.1) is 10.1 Å². The molecule has 0 bridgehead atoms. The summed E-state index contributed by atoms with van der Waals surface area (Å²) in [5.41, 5.74) is -0.0847. The molecule has 1 aromatic rings. The molecule has 0 saturated carbocycles. The highest BCUT2D eigenvalue weighted by atomic mass is 33.1. The molecule has 1 aliphatic rings. The van der Waals surface area contributed by atoms with Crippen LogP contribution < -0.4 is 0 Å². The summed E-state index contributed by atoms with van der Waals surface area (Å²) in [6, 6.07) is 2.89. The molecular weight excluding hydrogens is 390 g/mol. The fraction of sp³-hybridized carbons (Fsp3) is 0.385. The second-order valence-electron chi connectivity index (χ2n) is 4.81. The summed E-state index contributed by atoms with van der Waals surface area (Å²) < 4.78 is 0. The smallest absolute Gasteiger partial charge is 0.329 e. The van der Waals surface area contributed by atoms with Gasteiger partial charge in [0.15, 0.2) is 0 Å². The first-order valence-corrected chi connectivity index (χ1v) is 9.87. The normalized spacial score (nSPS) is 15.3. The molecule has 12 heteroatoms. The van der Waals surface area contributed by atoms with E-state index in [0.717, 1.165) is 0 Å². The number of pyridine rings is 1. The van der Waals surface area contributed by atoms with E-state index in [1.807, 2.05) is 0 Å². The van der Waals surface area contributed by atoms with E-state index in [1.54, 1.807) is 0 Å². The third-order valence-electron chi connectivity index (χ3n) is 3.01. The van der Waals surface area contributed by atoms with Gasteiger partial charge in [-0.05, 0) is 23.3 Å². The van der Waals surface area contributed by atoms with Crippen molar-refractivity contribution >= 4 is 57.7 Å². The maximum absolute atomic E-state index is 11.8. The Kier molecular flexibility index (Phi) is 7.08. The number of imide groups is 1. The Morgan fingerprint density at radius 2 is 2.08 bits per heavy atom. The Balaban J connectivity index is 1.70. The van der Waals surface area contributed by atoms with Crippen molar-refractivity contribution in [2.24, 2.45) is 0 Å². The Hall–Kier alpha value is -1.79. The second-order valence-corrected chi connectivity index (χ2v) is 7.87. The zero-order valence-electron chi connectivity index (χ0n) is 12.7. The average molecular weight is 403 g/mol. The number of thiol groups is 1. The molecule has 0 spiro atoms. The summed E-state index contributed by atoms with van der Waals surface area (Å²) in [5.74, 6) is -1.30. The second kappa shape index (κ2) is 9.06. The van der Waals surface area contributed by atoms with Crippen LogP contribution in [0.3, 0.4) is 0 Å². The van der Waals surface area contributed by atoms with Gasteiger partial charge in [0.1, 0.15) is 16.5 Å². The van der Waals surface area contributed by atoms with E-state index >= 15 is 0 Å². The lowest BCUT2D eigenvalue weighted by Gasteiger charge is -2.15. The number of hydrogen-bond acceptors (Lipinski definition) is 10. The molecule has 2 rings (SSSR count). The van der Waals surface area contributed by atoms with Gasteiger partial charge in [0, 0.05) is 24.7 Å². The van der Waals surface area contributed by atoms with E-state index in [9.17, 15) is 24.5 Å². The quantitative estimate of drug-likeness (QED) is 0.174. The van der Waals surface area contributed by atoms with Crippen molar-refractivity contribution in [1.82, 2.24) is 10.0 Å². The van der Waals surface area contributed by atoms with E-state index in [0.29, 0.717) is 22.3 Å². The van der Waals surface area contributed by atoms with Crippen LogP contribution in [0.4, 0.5) is 5.69 Å². The van der Waals surface area contributed by atoms with Crippen LogP contribution in [-0.2, 0) is 19.2 Å². The molecule has 0 aliphatic carbocycles. The summed E-state index contributed by atoms with van der Waals surface area (Å²) in [7, 11) is 2.70. The van der Waals surface area contributed by atoms with Crippen LogP contribution in [0.2, 0.25) is 0 Å². The first kappa shape index (κ1) is 19.5. The Bertz CT molecular complexity index is 668. The van der Waals surface area contributed by atoms with Crippen molar-refractivity contribution in [3.05, 3.63) is 28.4 Å². The third kappa shape index (κ3) is 5.61. The molecule has 2 amide bonds. The Morgan fingerprint density at radius 3 is 2.64 bits per heavy atom. The van der Waals surface area contributed by atoms with Gasteiger partial charge in [-0.25, -0.2) is 9.78 Å². The lowest BCUT2D eigenvalue weighted by Crippen LogP contribution is -2.35. The first-order valence-electron chi connectivity index (χ1n) is 7.04. The number of nitrogens with zero attached hydrogens (tertiary/aromatic N) is 3. The van der Waals surface area contributed by atoms with Crippen molar-refractivity contribution in [1.29, 1.82) is 0 Å². The van der Waals surface area contributed by atoms with E-state index in [2.05, 4.69) is 17.6 Å². The predicted molar refractivity (Wildman–Crippen MR) is 93.8 cm³/mol. The molecule has 1 aliphatic heterocycles. The summed E-state index contributed by atoms with van der Waals surface area (Å²) in [6.07, 6.45) is 1.60. The number of carbonyl (C=O) groups is 3. The fourth-order valence-electron chi connectivity index (χ4n) is 1.72. The van der Waals surface area contributed by atoms with Crippen molar-refractivity contribution < 1.29 is 24.1 Å². The molecule has 0 aromatic carbocycles. The summed E-state index contributed by atoms with van der Waals surface area (Å²) in [6.45, 7) is 0. The molecule has 1 atom stereocenters. The topological polar surface area (TPSA) is 120 Å². The molecule has 1 unspecified atom stereocenters. The lowest BCUT2D eigenvalue weighted by atomic mass is 10.3. The molecule has 0 radical (unpaired) electrons. The van der Waals surface area contributed by atoms with E-state index in [4.69, 9.17) is 4.84 Å². The number of aromatic nitrogens is 1. The van der Waals surface area contributed by atoms with Gasteiger partial charge in [0.05, 0.1) is 4.92 Å². The number of hydroxylamine groups is 2. The third-order valence-corrected chi connectivity index (χ3v) is 5.78. The highest BCUT2D eigenvalue weighted by Gasteiger charge is 2.34. The minimum Gasteiger partial charge on any atom is -0.329 e. The van der Waals surface area contributed by atoms with Gasteiger partial charge in [0.25, 0.3) is 17.5 Å². The maximum Gasteiger partial charge on any atom is 0.345 e. The standard InChI is InChI=1S/C13H13N3O6S3/c17-11-3-4-12(18)15(11)22-13(19)9(23)5-6-24-25-10-2-1-8(7-14-10)16(20)21/h1-2,7,9,23H,3-6H2. The van der Waals surface area contributed by atoms with Gasteiger partial charge < -0.3 is 4.84 Å². The number of amides is 2. The summed E-state index contributed by atoms with van der Waals surface area (Å²) >= 11 is 4.12. The highest BCUT2D eigenvalue weighted by molar-refractivity contribution is 8.76. The zero-order valence-corrected chi connectivity index (χ0v) is 15.2. The van der Waals surface area contributed by atoms with Gasteiger partial charge in [-0.2, -0.15) is 12.6 Å². The van der Waals surface area contributed by atoms with Crippen LogP contribution in [0.1, 0.15) is 19.3 Å². The van der Waals surface area contributed by atoms with E-state index < -0.39 is 28.0 Å². The van der Waals surface area contributed by atoms with Crippen LogP contribution in [0.15, 0.2) is 23.4 Å². The molecule has 9 nitrogen and oxygen atoms in total. The van der Waals surface area contributed by atoms with Crippen molar-refractivity contribution in [2.45, 2.75) is 29.5 Å². The molecule has 2 heterocycles. The van der Waals surface area contributed by atoms with Gasteiger partial charge in [-0.3, -0.25) is 19.7 Å². The van der Waals surface area contributed by atoms with Gasteiger partial charge >= 0.3 is 5.97 Å². The average Bonchev–Trinajstić information content (AvgIpc) is 2.90. The van der Waals surface area contributed by atoms with E-state index in [-0.39, 0.29) is 18.5 Å². The zero-order chi connectivity index (χ0) is 18.4. The maximum atomic E-state index is 11.8. The largest absolute Gasteiger partial charge is 0.345 e. The lowest BCUT2D eigenvalue weighted by molar-refractivity contribution is -0.385. The number of carbonyl (C=O) groups excluding carboxylic acids is 3. The van der Waals surface area contributed by atoms with Crippen LogP contribution >= 0.6 is 34.2 Å². The van der Waals surface area contributed by atoms with Crippen LogP contribution in [0.5, 0.6) is 0 Å². The minimum atomic E-state index is -0.779. The van der Waals surface area contributed by atoms with Crippen molar-refractivity contribution in [2.75, 3.05) is 5.75 Å². The molecule has 1 fully saturated rings. The monoisotopic (exact) mass is 403 g/mol. The highest BCUT2D eigenvalue weighted by Crippen LogP contribution is 2.31.